The molecule has 2 saturated heterocycles. The Bertz CT molecular complexity index is 471. The lowest BCUT2D eigenvalue weighted by Gasteiger charge is -2.50. The molecule has 2 rings (SSSR count). The van der Waals surface area contributed by atoms with E-state index in [0.29, 0.717) is 26.2 Å². The van der Waals surface area contributed by atoms with Crippen molar-refractivity contribution in [3.63, 3.8) is 0 Å². The molecule has 0 N–H and O–H groups in total. The molecule has 0 saturated carbocycles. The summed E-state index contributed by atoms with van der Waals surface area (Å²) in [7, 11) is 4.02. The first-order valence-electron chi connectivity index (χ1n) is 8.92. The molecule has 0 spiro atoms. The van der Waals surface area contributed by atoms with Crippen molar-refractivity contribution in [2.45, 2.75) is 64.7 Å². The van der Waals surface area contributed by atoms with Gasteiger partial charge in [-0.1, -0.05) is 0 Å². The Balaban J connectivity index is 2.05. The van der Waals surface area contributed by atoms with Crippen LogP contribution in [0.5, 0.6) is 0 Å². The molecule has 0 aromatic carbocycles. The van der Waals surface area contributed by atoms with E-state index < -0.39 is 0 Å². The molecule has 2 unspecified atom stereocenters. The normalized spacial score (nSPS) is 31.7. The molecular weight excluding hydrogens is 304 g/mol. The third-order valence-corrected chi connectivity index (χ3v) is 6.21. The Kier molecular flexibility index (Phi) is 5.04. The fraction of sp³-hybridized carbons (Fsp3) is 0.889. The molecule has 2 fully saturated rings. The first-order chi connectivity index (χ1) is 10.9. The Morgan fingerprint density at radius 1 is 0.792 bits per heavy atom. The van der Waals surface area contributed by atoms with Gasteiger partial charge in [-0.25, -0.2) is 0 Å². The van der Waals surface area contributed by atoms with E-state index >= 15 is 0 Å². The smallest absolute Gasteiger partial charge is 0.239 e. The van der Waals surface area contributed by atoms with Crippen LogP contribution < -0.4 is 0 Å². The number of hydrogen-bond acceptors (Lipinski definition) is 4. The van der Waals surface area contributed by atoms with Crippen LogP contribution in [0.2, 0.25) is 0 Å². The van der Waals surface area contributed by atoms with Crippen molar-refractivity contribution in [3.8, 4) is 0 Å². The third-order valence-electron chi connectivity index (χ3n) is 6.21. The summed E-state index contributed by atoms with van der Waals surface area (Å²) in [4.78, 5) is 33.3. The van der Waals surface area contributed by atoms with E-state index in [-0.39, 0.29) is 35.0 Å². The summed E-state index contributed by atoms with van der Waals surface area (Å²) in [6, 6.07) is -0.236. The molecule has 2 aliphatic rings. The van der Waals surface area contributed by atoms with E-state index in [1.165, 1.54) is 0 Å². The lowest BCUT2D eigenvalue weighted by Crippen LogP contribution is -2.67. The molecule has 0 radical (unpaired) electrons. The van der Waals surface area contributed by atoms with Crippen molar-refractivity contribution in [2.24, 2.45) is 0 Å². The van der Waals surface area contributed by atoms with E-state index in [1.807, 2.05) is 37.7 Å². The van der Waals surface area contributed by atoms with E-state index in [4.69, 9.17) is 0 Å². The van der Waals surface area contributed by atoms with E-state index in [1.54, 1.807) is 0 Å². The second kappa shape index (κ2) is 6.30. The lowest BCUT2D eigenvalue weighted by molar-refractivity contribution is -0.152. The maximum atomic E-state index is 12.6. The lowest BCUT2D eigenvalue weighted by atomic mass is 9.95. The summed E-state index contributed by atoms with van der Waals surface area (Å²) in [6.07, 6.45) is 0. The van der Waals surface area contributed by atoms with E-state index in [9.17, 15) is 9.59 Å². The maximum Gasteiger partial charge on any atom is 0.239 e. The molecule has 2 atom stereocenters. The molecule has 2 heterocycles. The summed E-state index contributed by atoms with van der Waals surface area (Å²) in [6.45, 7) is 15.2. The van der Waals surface area contributed by atoms with Crippen LogP contribution in [0.1, 0.15) is 41.5 Å². The largest absolute Gasteiger partial charge is 0.338 e. The Hall–Kier alpha value is -1.14. The molecular formula is C18H34N4O2. The van der Waals surface area contributed by atoms with Crippen LogP contribution in [-0.4, -0.2) is 94.8 Å². The van der Waals surface area contributed by atoms with Gasteiger partial charge in [-0.2, -0.15) is 0 Å². The van der Waals surface area contributed by atoms with Crippen LogP contribution in [0.3, 0.4) is 0 Å². The summed E-state index contributed by atoms with van der Waals surface area (Å²) in [5.74, 6) is 0.316. The molecule has 0 bridgehead atoms. The zero-order valence-electron chi connectivity index (χ0n) is 16.6. The number of hydrogen-bond donors (Lipinski definition) is 0. The summed E-state index contributed by atoms with van der Waals surface area (Å²) >= 11 is 0. The molecule has 138 valence electrons. The highest BCUT2D eigenvalue weighted by Crippen LogP contribution is 2.26. The van der Waals surface area contributed by atoms with Gasteiger partial charge in [-0.15, -0.1) is 0 Å². The zero-order valence-corrected chi connectivity index (χ0v) is 16.6. The van der Waals surface area contributed by atoms with Gasteiger partial charge in [0.2, 0.25) is 11.8 Å². The van der Waals surface area contributed by atoms with Crippen LogP contribution in [0, 0.1) is 0 Å². The number of nitrogens with zero attached hydrogens (tertiary/aromatic N) is 4. The summed E-state index contributed by atoms with van der Waals surface area (Å²) < 4.78 is 0. The highest BCUT2D eigenvalue weighted by atomic mass is 16.2. The molecule has 6 nitrogen and oxygen atoms in total. The molecule has 6 heteroatoms. The predicted molar refractivity (Wildman–Crippen MR) is 95.8 cm³/mol. The molecule has 0 aromatic heterocycles. The quantitative estimate of drug-likeness (QED) is 0.766. The fourth-order valence-electron chi connectivity index (χ4n) is 3.84. The van der Waals surface area contributed by atoms with Crippen LogP contribution in [0.25, 0.3) is 0 Å². The highest BCUT2D eigenvalue weighted by Gasteiger charge is 2.43. The minimum absolute atomic E-state index is 0.0496. The van der Waals surface area contributed by atoms with Gasteiger partial charge in [-0.05, 0) is 55.6 Å². The van der Waals surface area contributed by atoms with Crippen molar-refractivity contribution < 1.29 is 9.59 Å². The van der Waals surface area contributed by atoms with Gasteiger partial charge >= 0.3 is 0 Å². The molecule has 0 aliphatic carbocycles. The van der Waals surface area contributed by atoms with Gasteiger partial charge in [0.25, 0.3) is 0 Å². The van der Waals surface area contributed by atoms with Crippen molar-refractivity contribution in [1.29, 1.82) is 0 Å². The number of piperazine rings is 2. The van der Waals surface area contributed by atoms with Crippen molar-refractivity contribution in [3.05, 3.63) is 0 Å². The van der Waals surface area contributed by atoms with Gasteiger partial charge in [0.1, 0.15) is 0 Å². The minimum atomic E-state index is -0.118. The van der Waals surface area contributed by atoms with E-state index in [0.717, 1.165) is 0 Å². The van der Waals surface area contributed by atoms with Crippen LogP contribution in [0.4, 0.5) is 0 Å². The first kappa shape index (κ1) is 19.2. The monoisotopic (exact) mass is 338 g/mol. The topological polar surface area (TPSA) is 47.1 Å². The average Bonchev–Trinajstić information content (AvgIpc) is 2.50. The maximum absolute atomic E-state index is 12.6. The fourth-order valence-corrected chi connectivity index (χ4v) is 3.84. The third kappa shape index (κ3) is 3.31. The second-order valence-electron chi connectivity index (χ2n) is 8.72. The van der Waals surface area contributed by atoms with Crippen LogP contribution in [-0.2, 0) is 9.59 Å². The highest BCUT2D eigenvalue weighted by molar-refractivity contribution is 5.84. The van der Waals surface area contributed by atoms with Gasteiger partial charge < -0.3 is 9.80 Å². The van der Waals surface area contributed by atoms with Gasteiger partial charge in [-0.3, -0.25) is 19.4 Å². The number of likely N-dealkylation sites (N-methyl/N-ethyl adjacent to an activating group) is 2. The van der Waals surface area contributed by atoms with E-state index in [2.05, 4.69) is 37.5 Å². The number of carbonyl (C=O) groups excluding carboxylic acids is 2. The second-order valence-corrected chi connectivity index (χ2v) is 8.72. The average molecular weight is 338 g/mol. The summed E-state index contributed by atoms with van der Waals surface area (Å²) in [5.41, 5.74) is -0.0992. The van der Waals surface area contributed by atoms with Gasteiger partial charge in [0, 0.05) is 37.3 Å². The Morgan fingerprint density at radius 2 is 1.08 bits per heavy atom. The molecule has 2 amide bonds. The minimum Gasteiger partial charge on any atom is -0.338 e. The van der Waals surface area contributed by atoms with Crippen molar-refractivity contribution in [1.82, 2.24) is 19.6 Å². The molecule has 0 aromatic rings. The SMILES string of the molecule is CC1C(=O)N(CCN2CC(C)(C)N(C)C(C)C2=O)CC(C)(C)N1C. The number of amides is 2. The van der Waals surface area contributed by atoms with Gasteiger partial charge in [0.15, 0.2) is 0 Å². The molecule has 2 aliphatic heterocycles. The zero-order chi connectivity index (χ0) is 18.4. The number of carbonyl (C=O) groups is 2. The van der Waals surface area contributed by atoms with Crippen LogP contribution >= 0.6 is 0 Å². The van der Waals surface area contributed by atoms with Crippen molar-refractivity contribution in [2.75, 3.05) is 40.3 Å². The summed E-state index contributed by atoms with van der Waals surface area (Å²) in [5, 5.41) is 0. The van der Waals surface area contributed by atoms with Crippen LogP contribution in [0.15, 0.2) is 0 Å². The van der Waals surface area contributed by atoms with Crippen molar-refractivity contribution >= 4 is 11.8 Å². The Morgan fingerprint density at radius 3 is 1.38 bits per heavy atom. The van der Waals surface area contributed by atoms with Gasteiger partial charge in [0.05, 0.1) is 12.1 Å². The first-order valence-corrected chi connectivity index (χ1v) is 8.92. The standard InChI is InChI=1S/C18H34N4O2/c1-13-15(23)21(11-17(3,4)19(13)7)9-10-22-12-18(5,6)20(8)14(2)16(22)24/h13-14H,9-12H2,1-8H3. The molecule has 24 heavy (non-hydrogen) atoms. The number of rotatable bonds is 3. The Labute approximate surface area is 146 Å². The predicted octanol–water partition coefficient (Wildman–Crippen LogP) is 0.869.